The first-order valence-corrected chi connectivity index (χ1v) is 7.01. The molecule has 0 amide bonds. The third-order valence-corrected chi connectivity index (χ3v) is 3.79. The van der Waals surface area contributed by atoms with Crippen molar-refractivity contribution in [2.24, 2.45) is 13.0 Å². The molecule has 0 fully saturated rings. The van der Waals surface area contributed by atoms with Crippen molar-refractivity contribution < 1.29 is 0 Å². The molecule has 0 aliphatic carbocycles. The molecule has 2 heterocycles. The number of aromatic nitrogens is 4. The lowest BCUT2D eigenvalue weighted by Crippen LogP contribution is -2.18. The molecule has 0 aliphatic heterocycles. The number of imidazole rings is 1. The molecule has 0 saturated heterocycles. The number of aryl methyl sites for hydroxylation is 2. The van der Waals surface area contributed by atoms with Crippen molar-refractivity contribution in [1.29, 1.82) is 0 Å². The fourth-order valence-electron chi connectivity index (χ4n) is 2.74. The third kappa shape index (κ3) is 1.92. The predicted octanol–water partition coefficient (Wildman–Crippen LogP) is 3.42. The van der Waals surface area contributed by atoms with Gasteiger partial charge in [-0.15, -0.1) is 11.6 Å². The molecule has 18 heavy (non-hydrogen) atoms. The average molecular weight is 269 g/mol. The van der Waals surface area contributed by atoms with Crippen LogP contribution in [-0.2, 0) is 12.9 Å². The SMILES string of the molecule is CCC(C(C)C)n1c(CCl)nc2c(C)nn(C)c21. The summed E-state index contributed by atoms with van der Waals surface area (Å²) in [6.07, 6.45) is 1.07. The Morgan fingerprint density at radius 1 is 1.33 bits per heavy atom. The molecule has 1 atom stereocenters. The lowest BCUT2D eigenvalue weighted by atomic mass is 10.0. The van der Waals surface area contributed by atoms with E-state index in [4.69, 9.17) is 11.6 Å². The largest absolute Gasteiger partial charge is 0.309 e. The minimum Gasteiger partial charge on any atom is -0.309 e. The Morgan fingerprint density at radius 3 is 2.50 bits per heavy atom. The van der Waals surface area contributed by atoms with Gasteiger partial charge in [0.15, 0.2) is 5.65 Å². The van der Waals surface area contributed by atoms with Crippen LogP contribution in [0, 0.1) is 12.8 Å². The summed E-state index contributed by atoms with van der Waals surface area (Å²) in [5.74, 6) is 1.94. The Balaban J connectivity index is 2.73. The fraction of sp³-hybridized carbons (Fsp3) is 0.692. The second-order valence-corrected chi connectivity index (χ2v) is 5.40. The normalized spacial score (nSPS) is 13.7. The molecule has 4 nitrogen and oxygen atoms in total. The lowest BCUT2D eigenvalue weighted by Gasteiger charge is -2.23. The van der Waals surface area contributed by atoms with Gasteiger partial charge in [0.2, 0.25) is 0 Å². The number of hydrogen-bond donors (Lipinski definition) is 0. The first-order chi connectivity index (χ1) is 8.51. The van der Waals surface area contributed by atoms with Gasteiger partial charge in [-0.25, -0.2) is 4.98 Å². The van der Waals surface area contributed by atoms with Crippen LogP contribution in [0.4, 0.5) is 0 Å². The predicted molar refractivity (Wildman–Crippen MR) is 75.0 cm³/mol. The molecule has 0 spiro atoms. The zero-order chi connectivity index (χ0) is 13.4. The van der Waals surface area contributed by atoms with Crippen LogP contribution in [0.1, 0.15) is 44.8 Å². The summed E-state index contributed by atoms with van der Waals surface area (Å²) in [6.45, 7) is 8.67. The Bertz CT molecular complexity index is 553. The first kappa shape index (κ1) is 13.4. The van der Waals surface area contributed by atoms with E-state index in [9.17, 15) is 0 Å². The fourth-order valence-corrected chi connectivity index (χ4v) is 2.92. The van der Waals surface area contributed by atoms with Crippen LogP contribution in [0.15, 0.2) is 0 Å². The molecule has 0 bridgehead atoms. The van der Waals surface area contributed by atoms with Crippen LogP contribution in [0.3, 0.4) is 0 Å². The van der Waals surface area contributed by atoms with Crippen LogP contribution < -0.4 is 0 Å². The highest BCUT2D eigenvalue weighted by molar-refractivity contribution is 6.16. The molecule has 100 valence electrons. The van der Waals surface area contributed by atoms with Crippen LogP contribution in [0.2, 0.25) is 0 Å². The van der Waals surface area contributed by atoms with Gasteiger partial charge in [0.25, 0.3) is 0 Å². The van der Waals surface area contributed by atoms with Crippen molar-refractivity contribution in [3.8, 4) is 0 Å². The van der Waals surface area contributed by atoms with E-state index in [-0.39, 0.29) is 0 Å². The van der Waals surface area contributed by atoms with E-state index in [1.165, 1.54) is 0 Å². The number of alkyl halides is 1. The summed E-state index contributed by atoms with van der Waals surface area (Å²) in [5.41, 5.74) is 3.03. The maximum atomic E-state index is 6.06. The van der Waals surface area contributed by atoms with E-state index >= 15 is 0 Å². The van der Waals surface area contributed by atoms with E-state index in [0.29, 0.717) is 17.8 Å². The van der Waals surface area contributed by atoms with Gasteiger partial charge in [-0.05, 0) is 19.3 Å². The molecule has 5 heteroatoms. The Morgan fingerprint density at radius 2 is 2.00 bits per heavy atom. The molecule has 2 aromatic rings. The number of fused-ring (bicyclic) bond motifs is 1. The summed E-state index contributed by atoms with van der Waals surface area (Å²) >= 11 is 6.06. The molecule has 2 rings (SSSR count). The zero-order valence-electron chi connectivity index (χ0n) is 11.7. The van der Waals surface area contributed by atoms with Gasteiger partial charge in [0, 0.05) is 13.1 Å². The minimum atomic E-state index is 0.415. The van der Waals surface area contributed by atoms with Crippen LogP contribution in [0.25, 0.3) is 11.2 Å². The first-order valence-electron chi connectivity index (χ1n) is 6.47. The van der Waals surface area contributed by atoms with Crippen LogP contribution >= 0.6 is 11.6 Å². The second kappa shape index (κ2) is 4.92. The Hall–Kier alpha value is -1.03. The Labute approximate surface area is 113 Å². The topological polar surface area (TPSA) is 35.6 Å². The van der Waals surface area contributed by atoms with Gasteiger partial charge in [-0.3, -0.25) is 4.68 Å². The van der Waals surface area contributed by atoms with E-state index in [0.717, 1.165) is 29.1 Å². The summed E-state index contributed by atoms with van der Waals surface area (Å²) in [6, 6.07) is 0.415. The summed E-state index contributed by atoms with van der Waals surface area (Å²) in [7, 11) is 1.97. The van der Waals surface area contributed by atoms with Gasteiger partial charge in [0.1, 0.15) is 11.3 Å². The van der Waals surface area contributed by atoms with E-state index in [1.807, 2.05) is 18.7 Å². The lowest BCUT2D eigenvalue weighted by molar-refractivity contribution is 0.362. The van der Waals surface area contributed by atoms with Crippen LogP contribution in [0.5, 0.6) is 0 Å². The zero-order valence-corrected chi connectivity index (χ0v) is 12.5. The molecule has 0 aliphatic rings. The van der Waals surface area contributed by atoms with Crippen molar-refractivity contribution in [2.75, 3.05) is 0 Å². The van der Waals surface area contributed by atoms with Crippen molar-refractivity contribution in [3.05, 3.63) is 11.5 Å². The molecule has 0 radical (unpaired) electrons. The highest BCUT2D eigenvalue weighted by atomic mass is 35.5. The maximum Gasteiger partial charge on any atom is 0.158 e. The van der Waals surface area contributed by atoms with Gasteiger partial charge in [-0.2, -0.15) is 5.10 Å². The summed E-state index contributed by atoms with van der Waals surface area (Å²) < 4.78 is 4.19. The van der Waals surface area contributed by atoms with Gasteiger partial charge < -0.3 is 4.57 Å². The number of halogens is 1. The van der Waals surface area contributed by atoms with Gasteiger partial charge in [0.05, 0.1) is 11.6 Å². The van der Waals surface area contributed by atoms with Gasteiger partial charge >= 0.3 is 0 Å². The van der Waals surface area contributed by atoms with Crippen molar-refractivity contribution >= 4 is 22.8 Å². The molecular formula is C13H21ClN4. The van der Waals surface area contributed by atoms with Crippen LogP contribution in [-0.4, -0.2) is 19.3 Å². The van der Waals surface area contributed by atoms with E-state index in [2.05, 4.69) is 35.4 Å². The monoisotopic (exact) mass is 268 g/mol. The molecule has 0 aromatic carbocycles. The van der Waals surface area contributed by atoms with Crippen molar-refractivity contribution in [1.82, 2.24) is 19.3 Å². The highest BCUT2D eigenvalue weighted by Crippen LogP contribution is 2.30. The third-order valence-electron chi connectivity index (χ3n) is 3.55. The smallest absolute Gasteiger partial charge is 0.158 e. The maximum absolute atomic E-state index is 6.06. The standard InChI is InChI=1S/C13H21ClN4/c1-6-10(8(2)3)18-11(7-14)15-12-9(4)16-17(5)13(12)18/h8,10H,6-7H2,1-5H3. The van der Waals surface area contributed by atoms with Crippen molar-refractivity contribution in [3.63, 3.8) is 0 Å². The molecule has 1 unspecified atom stereocenters. The average Bonchev–Trinajstić information content (AvgIpc) is 2.80. The molecule has 2 aromatic heterocycles. The molecular weight excluding hydrogens is 248 g/mol. The second-order valence-electron chi connectivity index (χ2n) is 5.13. The quantitative estimate of drug-likeness (QED) is 0.797. The summed E-state index contributed by atoms with van der Waals surface area (Å²) in [5, 5.41) is 4.45. The number of hydrogen-bond acceptors (Lipinski definition) is 2. The molecule has 0 N–H and O–H groups in total. The highest BCUT2D eigenvalue weighted by Gasteiger charge is 2.23. The van der Waals surface area contributed by atoms with Gasteiger partial charge in [-0.1, -0.05) is 20.8 Å². The minimum absolute atomic E-state index is 0.415. The Kier molecular flexibility index (Phi) is 3.66. The molecule has 0 saturated carbocycles. The van der Waals surface area contributed by atoms with Crippen molar-refractivity contribution in [2.45, 2.75) is 46.0 Å². The summed E-state index contributed by atoms with van der Waals surface area (Å²) in [4.78, 5) is 4.65. The van der Waals surface area contributed by atoms with E-state index < -0.39 is 0 Å². The van der Waals surface area contributed by atoms with E-state index in [1.54, 1.807) is 0 Å². The number of nitrogens with zero attached hydrogens (tertiary/aromatic N) is 4. The number of rotatable bonds is 4.